The quantitative estimate of drug-likeness (QED) is 0.459. The Balaban J connectivity index is 1.59. The first kappa shape index (κ1) is 23.1. The number of likely N-dealkylation sites (N-methyl/N-ethyl adjacent to an activating group) is 1. The van der Waals surface area contributed by atoms with Crippen LogP contribution in [0.2, 0.25) is 5.02 Å². The predicted octanol–water partition coefficient (Wildman–Crippen LogP) is 0.644. The molecule has 1 aromatic rings. The van der Waals surface area contributed by atoms with Gasteiger partial charge in [0.15, 0.2) is 0 Å². The van der Waals surface area contributed by atoms with E-state index >= 15 is 0 Å². The maximum absolute atomic E-state index is 12.9. The number of hydrogen-bond donors (Lipinski definition) is 2. The number of nitrogens with one attached hydrogen (secondary N) is 1. The molecule has 0 unspecified atom stereocenters. The van der Waals surface area contributed by atoms with Gasteiger partial charge in [-0.15, -0.1) is 0 Å². The first-order valence-electron chi connectivity index (χ1n) is 9.99. The minimum atomic E-state index is -0.324. The summed E-state index contributed by atoms with van der Waals surface area (Å²) in [5.41, 5.74) is 6.42. The number of nitrogens with two attached hydrogens (primary N) is 1. The highest BCUT2D eigenvalue weighted by Crippen LogP contribution is 2.29. The van der Waals surface area contributed by atoms with Crippen LogP contribution < -0.4 is 15.8 Å². The van der Waals surface area contributed by atoms with Crippen molar-refractivity contribution in [1.82, 2.24) is 20.0 Å². The third kappa shape index (κ3) is 5.03. The summed E-state index contributed by atoms with van der Waals surface area (Å²) in [6.45, 7) is 2.25. The van der Waals surface area contributed by atoms with E-state index in [9.17, 15) is 14.4 Å². The van der Waals surface area contributed by atoms with E-state index in [1.54, 1.807) is 14.2 Å². The molecular weight excluding hydrogens is 426 g/mol. The lowest BCUT2D eigenvalue weighted by Crippen LogP contribution is -2.55. The van der Waals surface area contributed by atoms with Crippen molar-refractivity contribution in [3.63, 3.8) is 0 Å². The molecular formula is C20H28ClN5O5. The van der Waals surface area contributed by atoms with E-state index in [-0.39, 0.29) is 41.6 Å². The Hall–Kier alpha value is -2.56. The summed E-state index contributed by atoms with van der Waals surface area (Å²) in [5, 5.41) is 3.28. The van der Waals surface area contributed by atoms with Crippen molar-refractivity contribution >= 4 is 35.1 Å². The lowest BCUT2D eigenvalue weighted by molar-refractivity contribution is -0.125. The molecule has 1 aromatic carbocycles. The van der Waals surface area contributed by atoms with E-state index in [4.69, 9.17) is 26.8 Å². The molecule has 0 radical (unpaired) electrons. The zero-order chi connectivity index (χ0) is 22.7. The Morgan fingerprint density at radius 3 is 2.65 bits per heavy atom. The second-order valence-electron chi connectivity index (χ2n) is 7.70. The molecule has 31 heavy (non-hydrogen) atoms. The Kier molecular flexibility index (Phi) is 7.24. The monoisotopic (exact) mass is 453 g/mol. The number of benzene rings is 1. The number of urea groups is 1. The Bertz CT molecular complexity index is 867. The van der Waals surface area contributed by atoms with Crippen LogP contribution in [0.4, 0.5) is 10.5 Å². The number of carbonyl (C=O) groups excluding carboxylic acids is 3. The third-order valence-corrected chi connectivity index (χ3v) is 6.02. The molecule has 3 rings (SSSR count). The Morgan fingerprint density at radius 2 is 2.03 bits per heavy atom. The summed E-state index contributed by atoms with van der Waals surface area (Å²) in [7, 11) is 4.67. The minimum absolute atomic E-state index is 0.117. The van der Waals surface area contributed by atoms with Crippen LogP contribution in [-0.2, 0) is 9.53 Å². The number of methoxy groups -OCH3 is 2. The van der Waals surface area contributed by atoms with Crippen LogP contribution in [0, 0.1) is 0 Å². The number of ether oxygens (including phenoxy) is 2. The van der Waals surface area contributed by atoms with Crippen LogP contribution in [0.15, 0.2) is 12.1 Å². The van der Waals surface area contributed by atoms with Crippen LogP contribution in [0.5, 0.6) is 5.75 Å². The molecule has 2 saturated heterocycles. The second kappa shape index (κ2) is 9.71. The van der Waals surface area contributed by atoms with Gasteiger partial charge in [-0.2, -0.15) is 0 Å². The highest BCUT2D eigenvalue weighted by molar-refractivity contribution is 6.33. The highest BCUT2D eigenvalue weighted by atomic mass is 35.5. The van der Waals surface area contributed by atoms with Gasteiger partial charge in [0.2, 0.25) is 5.91 Å². The molecule has 2 fully saturated rings. The maximum Gasteiger partial charge on any atom is 0.327 e. The number of anilines is 1. The number of imide groups is 1. The Morgan fingerprint density at radius 1 is 1.29 bits per heavy atom. The molecule has 0 aromatic heterocycles. The standard InChI is InChI=1S/C20H28ClN5O5/c1-24-11-18(27)26(20(24)29)7-6-25-5-4-15(17(10-25)31-3)23-19(28)12-8-13(21)14(22)9-16(12)30-2/h8-9,15,17H,4-7,10-11,22H2,1-3H3,(H,23,28)/t15-,17+/m1/s1. The molecule has 2 aliphatic rings. The minimum Gasteiger partial charge on any atom is -0.496 e. The third-order valence-electron chi connectivity index (χ3n) is 5.70. The molecule has 4 amide bonds. The van der Waals surface area contributed by atoms with Crippen molar-refractivity contribution < 1.29 is 23.9 Å². The van der Waals surface area contributed by atoms with E-state index in [1.807, 2.05) is 0 Å². The first-order valence-corrected chi connectivity index (χ1v) is 10.4. The number of nitrogens with zero attached hydrogens (tertiary/aromatic N) is 3. The molecule has 2 heterocycles. The summed E-state index contributed by atoms with van der Waals surface area (Å²) in [4.78, 5) is 41.6. The molecule has 3 N–H and O–H groups in total. The fourth-order valence-corrected chi connectivity index (χ4v) is 4.04. The van der Waals surface area contributed by atoms with Crippen LogP contribution in [0.25, 0.3) is 0 Å². The topological polar surface area (TPSA) is 117 Å². The van der Waals surface area contributed by atoms with E-state index in [1.165, 1.54) is 29.0 Å². The van der Waals surface area contributed by atoms with Gasteiger partial charge in [-0.1, -0.05) is 11.6 Å². The number of likely N-dealkylation sites (tertiary alicyclic amines) is 1. The molecule has 11 heteroatoms. The van der Waals surface area contributed by atoms with Crippen LogP contribution in [0.3, 0.4) is 0 Å². The summed E-state index contributed by atoms with van der Waals surface area (Å²) in [6.07, 6.45) is 0.400. The van der Waals surface area contributed by atoms with Gasteiger partial charge in [0.25, 0.3) is 5.91 Å². The molecule has 2 atom stereocenters. The fourth-order valence-electron chi connectivity index (χ4n) is 3.88. The lowest BCUT2D eigenvalue weighted by atomic mass is 10.0. The smallest absolute Gasteiger partial charge is 0.327 e. The number of piperidine rings is 1. The van der Waals surface area contributed by atoms with Crippen LogP contribution in [0.1, 0.15) is 16.8 Å². The fraction of sp³-hybridized carbons (Fsp3) is 0.550. The van der Waals surface area contributed by atoms with Gasteiger partial charge >= 0.3 is 6.03 Å². The molecule has 170 valence electrons. The predicted molar refractivity (Wildman–Crippen MR) is 115 cm³/mol. The molecule has 0 bridgehead atoms. The SMILES string of the molecule is COc1cc(N)c(Cl)cc1C(=O)N[C@@H]1CCN(CCN2C(=O)CN(C)C2=O)C[C@@H]1OC. The van der Waals surface area contributed by atoms with E-state index in [0.29, 0.717) is 49.6 Å². The molecule has 0 spiro atoms. The van der Waals surface area contributed by atoms with E-state index in [2.05, 4.69) is 10.2 Å². The number of rotatable bonds is 7. The average molecular weight is 454 g/mol. The number of nitrogen functional groups attached to an aromatic ring is 1. The van der Waals surface area contributed by atoms with E-state index in [0.717, 1.165) is 0 Å². The molecule has 2 aliphatic heterocycles. The van der Waals surface area contributed by atoms with Crippen molar-refractivity contribution in [2.24, 2.45) is 0 Å². The maximum atomic E-state index is 12.9. The van der Waals surface area contributed by atoms with Gasteiger partial charge in [-0.3, -0.25) is 19.4 Å². The average Bonchev–Trinajstić information content (AvgIpc) is 2.99. The number of amides is 4. The van der Waals surface area contributed by atoms with Crippen molar-refractivity contribution in [2.45, 2.75) is 18.6 Å². The first-order chi connectivity index (χ1) is 14.7. The van der Waals surface area contributed by atoms with Gasteiger partial charge in [-0.25, -0.2) is 4.79 Å². The van der Waals surface area contributed by atoms with Crippen molar-refractivity contribution in [3.05, 3.63) is 22.7 Å². The van der Waals surface area contributed by atoms with Crippen LogP contribution >= 0.6 is 11.6 Å². The lowest BCUT2D eigenvalue weighted by Gasteiger charge is -2.38. The molecule has 0 saturated carbocycles. The zero-order valence-corrected chi connectivity index (χ0v) is 18.6. The van der Waals surface area contributed by atoms with Gasteiger partial charge in [-0.05, 0) is 12.5 Å². The van der Waals surface area contributed by atoms with Crippen LogP contribution in [-0.4, -0.2) is 98.7 Å². The number of halogens is 1. The van der Waals surface area contributed by atoms with Gasteiger partial charge in [0, 0.05) is 46.4 Å². The second-order valence-corrected chi connectivity index (χ2v) is 8.11. The number of hydrogen-bond acceptors (Lipinski definition) is 7. The molecule has 10 nitrogen and oxygen atoms in total. The van der Waals surface area contributed by atoms with Crippen molar-refractivity contribution in [3.8, 4) is 5.75 Å². The summed E-state index contributed by atoms with van der Waals surface area (Å²) in [6, 6.07) is 2.53. The Labute approximate surface area is 186 Å². The van der Waals surface area contributed by atoms with Gasteiger partial charge < -0.3 is 25.4 Å². The van der Waals surface area contributed by atoms with Gasteiger partial charge in [0.1, 0.15) is 12.3 Å². The molecule has 0 aliphatic carbocycles. The summed E-state index contributed by atoms with van der Waals surface area (Å²) >= 11 is 6.08. The highest BCUT2D eigenvalue weighted by Gasteiger charge is 2.35. The van der Waals surface area contributed by atoms with Crippen molar-refractivity contribution in [2.75, 3.05) is 59.7 Å². The zero-order valence-electron chi connectivity index (χ0n) is 17.9. The van der Waals surface area contributed by atoms with Crippen molar-refractivity contribution in [1.29, 1.82) is 0 Å². The summed E-state index contributed by atoms with van der Waals surface area (Å²) in [5.74, 6) is -0.166. The number of carbonyl (C=O) groups is 3. The normalized spacial score (nSPS) is 22.2. The summed E-state index contributed by atoms with van der Waals surface area (Å²) < 4.78 is 10.9. The van der Waals surface area contributed by atoms with E-state index < -0.39 is 0 Å². The largest absolute Gasteiger partial charge is 0.496 e. The van der Waals surface area contributed by atoms with Gasteiger partial charge in [0.05, 0.1) is 35.5 Å².